The molecule has 0 saturated heterocycles. The zero-order valence-corrected chi connectivity index (χ0v) is 15.6. The molecule has 138 valence electrons. The van der Waals surface area contributed by atoms with Crippen LogP contribution in [0.25, 0.3) is 0 Å². The first kappa shape index (κ1) is 16.8. The predicted octanol–water partition coefficient (Wildman–Crippen LogP) is 4.52. The third-order valence-corrected chi connectivity index (χ3v) is 5.50. The van der Waals surface area contributed by atoms with Gasteiger partial charge in [0.25, 0.3) is 0 Å². The van der Waals surface area contributed by atoms with Crippen LogP contribution in [0.5, 0.6) is 11.5 Å². The van der Waals surface area contributed by atoms with Gasteiger partial charge in [0.1, 0.15) is 11.5 Å². The van der Waals surface area contributed by atoms with E-state index in [1.54, 1.807) is 0 Å². The van der Waals surface area contributed by atoms with Gasteiger partial charge in [-0.15, -0.1) is 0 Å². The molecule has 0 unspecified atom stereocenters. The number of carbonyl (C=O) groups excluding carboxylic acids is 2. The summed E-state index contributed by atoms with van der Waals surface area (Å²) in [6.07, 6.45) is 0. The van der Waals surface area contributed by atoms with Crippen LogP contribution in [0.2, 0.25) is 0 Å². The second-order valence-corrected chi connectivity index (χ2v) is 7.26. The summed E-state index contributed by atoms with van der Waals surface area (Å²) in [5, 5.41) is 0. The highest BCUT2D eigenvalue weighted by atomic mass is 16.5. The Hall–Kier alpha value is -3.40. The smallest absolute Gasteiger partial charge is 0.308 e. The van der Waals surface area contributed by atoms with Crippen molar-refractivity contribution in [2.24, 2.45) is 0 Å². The van der Waals surface area contributed by atoms with E-state index in [4.69, 9.17) is 9.47 Å². The maximum absolute atomic E-state index is 11.4. The van der Waals surface area contributed by atoms with Crippen molar-refractivity contribution >= 4 is 11.9 Å². The number of hydrogen-bond donors (Lipinski definition) is 0. The van der Waals surface area contributed by atoms with E-state index < -0.39 is 0 Å². The van der Waals surface area contributed by atoms with Crippen molar-refractivity contribution in [1.29, 1.82) is 0 Å². The highest BCUT2D eigenvalue weighted by Crippen LogP contribution is 2.56. The summed E-state index contributed by atoms with van der Waals surface area (Å²) < 4.78 is 10.7. The van der Waals surface area contributed by atoms with Crippen molar-refractivity contribution in [2.45, 2.75) is 25.7 Å². The molecule has 0 heterocycles. The minimum Gasteiger partial charge on any atom is -0.427 e. The summed E-state index contributed by atoms with van der Waals surface area (Å²) in [6.45, 7) is 2.82. The Labute approximate surface area is 162 Å². The van der Waals surface area contributed by atoms with E-state index in [-0.39, 0.29) is 23.8 Å². The Morgan fingerprint density at radius 1 is 0.607 bits per heavy atom. The van der Waals surface area contributed by atoms with Crippen LogP contribution in [0, 0.1) is 0 Å². The zero-order valence-electron chi connectivity index (χ0n) is 15.6. The number of rotatable bonds is 2. The standard InChI is InChI=1S/C24H18O4/c1-13(25)27-15-7-9-19-21(11-15)23-17-5-3-4-6-18(17)24(19)22-12-16(28-14(2)26)8-10-20(22)23/h3-12,23-24H,1-2H3/t23-,24-/m1/s1. The van der Waals surface area contributed by atoms with Gasteiger partial charge in [-0.05, 0) is 57.6 Å². The fourth-order valence-electron chi connectivity index (χ4n) is 4.63. The Bertz CT molecular complexity index is 1050. The first-order valence-electron chi connectivity index (χ1n) is 9.26. The van der Waals surface area contributed by atoms with E-state index in [1.807, 2.05) is 36.4 Å². The number of hydrogen-bond acceptors (Lipinski definition) is 4. The molecule has 0 N–H and O–H groups in total. The largest absolute Gasteiger partial charge is 0.427 e. The molecular weight excluding hydrogens is 352 g/mol. The van der Waals surface area contributed by atoms with Gasteiger partial charge in [0.2, 0.25) is 0 Å². The van der Waals surface area contributed by atoms with Gasteiger partial charge in [0.05, 0.1) is 0 Å². The molecule has 0 amide bonds. The van der Waals surface area contributed by atoms with Crippen molar-refractivity contribution in [3.05, 3.63) is 94.0 Å². The first-order chi connectivity index (χ1) is 13.5. The Balaban J connectivity index is 1.71. The van der Waals surface area contributed by atoms with E-state index in [0.717, 1.165) is 11.1 Å². The summed E-state index contributed by atoms with van der Waals surface area (Å²) in [7, 11) is 0. The molecule has 0 aliphatic heterocycles. The molecule has 0 aromatic heterocycles. The highest BCUT2D eigenvalue weighted by molar-refractivity contribution is 5.73. The molecule has 2 atom stereocenters. The van der Waals surface area contributed by atoms with Crippen LogP contribution in [0.15, 0.2) is 60.7 Å². The molecule has 4 nitrogen and oxygen atoms in total. The van der Waals surface area contributed by atoms with Crippen molar-refractivity contribution < 1.29 is 19.1 Å². The van der Waals surface area contributed by atoms with Crippen LogP contribution in [0.1, 0.15) is 59.1 Å². The molecule has 3 aromatic rings. The quantitative estimate of drug-likeness (QED) is 0.339. The van der Waals surface area contributed by atoms with Gasteiger partial charge in [-0.2, -0.15) is 0 Å². The zero-order chi connectivity index (χ0) is 19.4. The average Bonchev–Trinajstić information content (AvgIpc) is 2.66. The highest BCUT2D eigenvalue weighted by Gasteiger charge is 2.41. The lowest BCUT2D eigenvalue weighted by atomic mass is 9.61. The molecule has 3 aromatic carbocycles. The summed E-state index contributed by atoms with van der Waals surface area (Å²) in [6, 6.07) is 20.2. The first-order valence-corrected chi connectivity index (χ1v) is 9.26. The molecule has 4 heteroatoms. The van der Waals surface area contributed by atoms with E-state index >= 15 is 0 Å². The normalized spacial score (nSPS) is 17.9. The van der Waals surface area contributed by atoms with Gasteiger partial charge in [-0.3, -0.25) is 9.59 Å². The van der Waals surface area contributed by atoms with Crippen LogP contribution in [-0.2, 0) is 9.59 Å². The minimum atomic E-state index is -0.326. The van der Waals surface area contributed by atoms with E-state index in [0.29, 0.717) is 11.5 Å². The monoisotopic (exact) mass is 370 g/mol. The van der Waals surface area contributed by atoms with Gasteiger partial charge in [0, 0.05) is 25.7 Å². The van der Waals surface area contributed by atoms with Crippen molar-refractivity contribution in [3.8, 4) is 11.5 Å². The molecule has 0 fully saturated rings. The summed E-state index contributed by atoms with van der Waals surface area (Å²) in [4.78, 5) is 22.8. The summed E-state index contributed by atoms with van der Waals surface area (Å²) in [5.41, 5.74) is 7.27. The fourth-order valence-corrected chi connectivity index (χ4v) is 4.63. The minimum absolute atomic E-state index is 0.0630. The summed E-state index contributed by atoms with van der Waals surface area (Å²) in [5.74, 6) is 0.602. The van der Waals surface area contributed by atoms with Crippen LogP contribution in [-0.4, -0.2) is 11.9 Å². The van der Waals surface area contributed by atoms with Gasteiger partial charge in [-0.25, -0.2) is 0 Å². The van der Waals surface area contributed by atoms with Crippen LogP contribution < -0.4 is 9.47 Å². The lowest BCUT2D eigenvalue weighted by Crippen LogP contribution is -2.27. The maximum Gasteiger partial charge on any atom is 0.308 e. The lowest BCUT2D eigenvalue weighted by molar-refractivity contribution is -0.132. The third kappa shape index (κ3) is 2.45. The molecule has 0 radical (unpaired) electrons. The maximum atomic E-state index is 11.4. The van der Waals surface area contributed by atoms with Crippen LogP contribution in [0.3, 0.4) is 0 Å². The van der Waals surface area contributed by atoms with Gasteiger partial charge in [-0.1, -0.05) is 36.4 Å². The number of benzene rings is 3. The number of carbonyl (C=O) groups is 2. The molecule has 28 heavy (non-hydrogen) atoms. The molecule has 2 bridgehead atoms. The van der Waals surface area contributed by atoms with Crippen LogP contribution in [0.4, 0.5) is 0 Å². The summed E-state index contributed by atoms with van der Waals surface area (Å²) >= 11 is 0. The van der Waals surface area contributed by atoms with E-state index in [9.17, 15) is 9.59 Å². The Morgan fingerprint density at radius 3 is 1.39 bits per heavy atom. The second kappa shape index (κ2) is 6.06. The van der Waals surface area contributed by atoms with Crippen molar-refractivity contribution in [3.63, 3.8) is 0 Å². The predicted molar refractivity (Wildman–Crippen MR) is 104 cm³/mol. The van der Waals surface area contributed by atoms with Gasteiger partial charge < -0.3 is 9.47 Å². The molecule has 0 saturated carbocycles. The topological polar surface area (TPSA) is 52.6 Å². The molecule has 6 rings (SSSR count). The molecule has 0 spiro atoms. The average molecular weight is 370 g/mol. The number of esters is 2. The van der Waals surface area contributed by atoms with E-state index in [1.165, 1.54) is 36.1 Å². The van der Waals surface area contributed by atoms with Crippen molar-refractivity contribution in [2.75, 3.05) is 0 Å². The molecule has 3 aliphatic rings. The van der Waals surface area contributed by atoms with Gasteiger partial charge in [0.15, 0.2) is 0 Å². The molecular formula is C24H18O4. The van der Waals surface area contributed by atoms with Crippen LogP contribution >= 0.6 is 0 Å². The SMILES string of the molecule is CC(=O)Oc1ccc2c(c1)[C@@H]1c3ccccc3[C@H]2c2cc(OC(C)=O)ccc21. The van der Waals surface area contributed by atoms with Crippen molar-refractivity contribution in [1.82, 2.24) is 0 Å². The third-order valence-electron chi connectivity index (χ3n) is 5.50. The second-order valence-electron chi connectivity index (χ2n) is 7.26. The molecule has 3 aliphatic carbocycles. The lowest BCUT2D eigenvalue weighted by Gasteiger charge is -2.42. The fraction of sp³-hybridized carbons (Fsp3) is 0.167. The number of ether oxygens (including phenoxy) is 2. The Morgan fingerprint density at radius 2 is 1.00 bits per heavy atom. The Kier molecular flexibility index (Phi) is 3.63. The van der Waals surface area contributed by atoms with Gasteiger partial charge >= 0.3 is 11.9 Å². The van der Waals surface area contributed by atoms with E-state index in [2.05, 4.69) is 24.3 Å².